The van der Waals surface area contributed by atoms with Gasteiger partial charge in [0, 0.05) is 16.5 Å². The second kappa shape index (κ2) is 9.81. The van der Waals surface area contributed by atoms with Crippen LogP contribution in [0.5, 0.6) is 0 Å². The highest BCUT2D eigenvalue weighted by atomic mass is 127. The number of carbonyl (C=O) groups is 4. The maximum absolute atomic E-state index is 11.8. The number of hydrogen-bond acceptors (Lipinski definition) is 4. The minimum atomic E-state index is -1.38. The molecule has 0 spiro atoms. The average molecular weight is 464 g/mol. The fraction of sp³-hybridized carbons (Fsp3) is 0.333. The Labute approximate surface area is 156 Å². The fourth-order valence-electron chi connectivity index (χ4n) is 2.02. The molecular formula is C15H17IN2O7. The molecule has 0 saturated carbocycles. The van der Waals surface area contributed by atoms with Crippen LogP contribution >= 0.6 is 22.6 Å². The van der Waals surface area contributed by atoms with Crippen molar-refractivity contribution in [2.24, 2.45) is 0 Å². The standard InChI is InChI=1S/C15H17IN2O7/c16-10-4-2-1-3-8(10)9(13(21)22)7-17-15(25)18-11(14(23)24)5-6-12(19)20/h1-4,9,11H,5-7H2,(H,19,20)(H,21,22)(H,23,24)(H2,17,18,25). The number of benzene rings is 1. The topological polar surface area (TPSA) is 153 Å². The molecule has 136 valence electrons. The normalized spacial score (nSPS) is 12.7. The van der Waals surface area contributed by atoms with E-state index in [1.54, 1.807) is 24.3 Å². The number of carboxylic acid groups (broad SMARTS) is 3. The highest BCUT2D eigenvalue weighted by molar-refractivity contribution is 14.1. The Bertz CT molecular complexity index is 665. The Balaban J connectivity index is 2.68. The van der Waals surface area contributed by atoms with Gasteiger partial charge in [0.05, 0.1) is 0 Å². The van der Waals surface area contributed by atoms with E-state index in [0.29, 0.717) is 5.56 Å². The molecule has 0 fully saturated rings. The first-order valence-electron chi connectivity index (χ1n) is 7.18. The number of nitrogens with one attached hydrogen (secondary N) is 2. The minimum Gasteiger partial charge on any atom is -0.481 e. The van der Waals surface area contributed by atoms with E-state index < -0.39 is 42.3 Å². The lowest BCUT2D eigenvalue weighted by atomic mass is 9.99. The van der Waals surface area contributed by atoms with Crippen molar-refractivity contribution in [2.75, 3.05) is 6.54 Å². The molecule has 0 bridgehead atoms. The first-order valence-corrected chi connectivity index (χ1v) is 8.26. The summed E-state index contributed by atoms with van der Waals surface area (Å²) in [7, 11) is 0. The van der Waals surface area contributed by atoms with Crippen LogP contribution < -0.4 is 10.6 Å². The van der Waals surface area contributed by atoms with E-state index in [2.05, 4.69) is 10.6 Å². The molecule has 5 N–H and O–H groups in total. The third-order valence-corrected chi connectivity index (χ3v) is 4.28. The smallest absolute Gasteiger partial charge is 0.326 e. The van der Waals surface area contributed by atoms with Crippen LogP contribution in [0, 0.1) is 3.57 Å². The van der Waals surface area contributed by atoms with E-state index in [-0.39, 0.29) is 13.0 Å². The monoisotopic (exact) mass is 464 g/mol. The minimum absolute atomic E-state index is 0.244. The van der Waals surface area contributed by atoms with E-state index in [9.17, 15) is 24.3 Å². The highest BCUT2D eigenvalue weighted by Gasteiger charge is 2.25. The molecule has 0 radical (unpaired) electrons. The number of halogens is 1. The van der Waals surface area contributed by atoms with Gasteiger partial charge in [-0.2, -0.15) is 0 Å². The van der Waals surface area contributed by atoms with Gasteiger partial charge in [-0.25, -0.2) is 9.59 Å². The van der Waals surface area contributed by atoms with E-state index in [0.717, 1.165) is 3.57 Å². The van der Waals surface area contributed by atoms with Crippen molar-refractivity contribution in [2.45, 2.75) is 24.8 Å². The Morgan fingerprint density at radius 2 is 1.68 bits per heavy atom. The first-order chi connectivity index (χ1) is 11.7. The second-order valence-electron chi connectivity index (χ2n) is 5.09. The number of rotatable bonds is 9. The lowest BCUT2D eigenvalue weighted by molar-refractivity contribution is -0.141. The summed E-state index contributed by atoms with van der Waals surface area (Å²) in [6.45, 7) is -0.244. The van der Waals surface area contributed by atoms with Crippen molar-refractivity contribution < 1.29 is 34.5 Å². The van der Waals surface area contributed by atoms with Gasteiger partial charge in [0.2, 0.25) is 0 Å². The second-order valence-corrected chi connectivity index (χ2v) is 6.25. The van der Waals surface area contributed by atoms with Crippen molar-refractivity contribution in [3.8, 4) is 0 Å². The molecule has 0 aliphatic heterocycles. The summed E-state index contributed by atoms with van der Waals surface area (Å²) < 4.78 is 0.722. The van der Waals surface area contributed by atoms with Crippen LogP contribution in [-0.2, 0) is 14.4 Å². The summed E-state index contributed by atoms with van der Waals surface area (Å²) in [6, 6.07) is 4.54. The zero-order chi connectivity index (χ0) is 19.0. The van der Waals surface area contributed by atoms with Crippen LogP contribution in [-0.4, -0.2) is 51.8 Å². The van der Waals surface area contributed by atoms with Gasteiger partial charge in [0.1, 0.15) is 12.0 Å². The Kier molecular flexibility index (Phi) is 8.11. The van der Waals surface area contributed by atoms with Crippen molar-refractivity contribution in [3.63, 3.8) is 0 Å². The summed E-state index contributed by atoms with van der Waals surface area (Å²) in [5, 5.41) is 31.4. The first kappa shape index (κ1) is 20.7. The molecule has 1 aromatic rings. The van der Waals surface area contributed by atoms with Gasteiger partial charge < -0.3 is 26.0 Å². The van der Waals surface area contributed by atoms with Crippen molar-refractivity contribution in [3.05, 3.63) is 33.4 Å². The Morgan fingerprint density at radius 3 is 2.20 bits per heavy atom. The van der Waals surface area contributed by atoms with E-state index in [1.807, 2.05) is 22.6 Å². The molecule has 9 nitrogen and oxygen atoms in total. The molecule has 2 amide bonds. The Hall–Kier alpha value is -2.37. The summed E-state index contributed by atoms with van der Waals surface area (Å²) >= 11 is 1.99. The van der Waals surface area contributed by atoms with Gasteiger partial charge >= 0.3 is 23.9 Å². The van der Waals surface area contributed by atoms with E-state index >= 15 is 0 Å². The zero-order valence-corrected chi connectivity index (χ0v) is 15.1. The summed E-state index contributed by atoms with van der Waals surface area (Å²) in [5.74, 6) is -4.69. The molecule has 0 aromatic heterocycles. The lowest BCUT2D eigenvalue weighted by Crippen LogP contribution is -2.47. The molecule has 0 aliphatic rings. The number of hydrogen-bond donors (Lipinski definition) is 5. The predicted octanol–water partition coefficient (Wildman–Crippen LogP) is 1.08. The average Bonchev–Trinajstić information content (AvgIpc) is 2.52. The number of carboxylic acids is 3. The van der Waals surface area contributed by atoms with E-state index in [1.165, 1.54) is 0 Å². The number of carbonyl (C=O) groups excluding carboxylic acids is 1. The highest BCUT2D eigenvalue weighted by Crippen LogP contribution is 2.21. The van der Waals surface area contributed by atoms with Crippen LogP contribution in [0.25, 0.3) is 0 Å². The van der Waals surface area contributed by atoms with Crippen LogP contribution in [0.2, 0.25) is 0 Å². The molecular weight excluding hydrogens is 447 g/mol. The molecule has 25 heavy (non-hydrogen) atoms. The number of aliphatic carboxylic acids is 3. The van der Waals surface area contributed by atoms with Crippen molar-refractivity contribution in [1.29, 1.82) is 0 Å². The van der Waals surface area contributed by atoms with Crippen LogP contribution in [0.3, 0.4) is 0 Å². The maximum atomic E-state index is 11.8. The van der Waals surface area contributed by atoms with E-state index in [4.69, 9.17) is 10.2 Å². The molecule has 1 rings (SSSR count). The molecule has 2 atom stereocenters. The van der Waals surface area contributed by atoms with Gasteiger partial charge in [-0.1, -0.05) is 18.2 Å². The van der Waals surface area contributed by atoms with Gasteiger partial charge in [-0.05, 0) is 40.6 Å². The van der Waals surface area contributed by atoms with Gasteiger partial charge in [-0.3, -0.25) is 9.59 Å². The van der Waals surface area contributed by atoms with Crippen LogP contribution in [0.15, 0.2) is 24.3 Å². The molecule has 10 heteroatoms. The molecule has 0 aliphatic carbocycles. The fourth-order valence-corrected chi connectivity index (χ4v) is 2.78. The predicted molar refractivity (Wildman–Crippen MR) is 94.4 cm³/mol. The Morgan fingerprint density at radius 1 is 1.04 bits per heavy atom. The number of amides is 2. The van der Waals surface area contributed by atoms with Gasteiger partial charge in [0.15, 0.2) is 0 Å². The lowest BCUT2D eigenvalue weighted by Gasteiger charge is -2.18. The third-order valence-electron chi connectivity index (χ3n) is 3.30. The number of urea groups is 1. The van der Waals surface area contributed by atoms with Crippen molar-refractivity contribution >= 4 is 46.5 Å². The van der Waals surface area contributed by atoms with Gasteiger partial charge in [-0.15, -0.1) is 0 Å². The van der Waals surface area contributed by atoms with Crippen molar-refractivity contribution in [1.82, 2.24) is 10.6 Å². The molecule has 0 heterocycles. The SMILES string of the molecule is O=C(O)CCC(NC(=O)NCC(C(=O)O)c1ccccc1I)C(=O)O. The van der Waals surface area contributed by atoms with Crippen LogP contribution in [0.4, 0.5) is 4.79 Å². The molecule has 0 saturated heterocycles. The molecule has 2 unspecified atom stereocenters. The quantitative estimate of drug-likeness (QED) is 0.343. The maximum Gasteiger partial charge on any atom is 0.326 e. The largest absolute Gasteiger partial charge is 0.481 e. The van der Waals surface area contributed by atoms with Crippen LogP contribution in [0.1, 0.15) is 24.3 Å². The summed E-state index contributed by atoms with van der Waals surface area (Å²) in [6.07, 6.45) is -0.700. The summed E-state index contributed by atoms with van der Waals surface area (Å²) in [5.41, 5.74) is 0.525. The van der Waals surface area contributed by atoms with Gasteiger partial charge in [0.25, 0.3) is 0 Å². The zero-order valence-electron chi connectivity index (χ0n) is 12.9. The summed E-state index contributed by atoms with van der Waals surface area (Å²) in [4.78, 5) is 44.8. The third kappa shape index (κ3) is 6.95. The molecule has 1 aromatic carbocycles.